The van der Waals surface area contributed by atoms with E-state index in [2.05, 4.69) is 12.2 Å². The summed E-state index contributed by atoms with van der Waals surface area (Å²) in [6, 6.07) is -0.0827. The van der Waals surface area contributed by atoms with E-state index in [1.54, 1.807) is 0 Å². The van der Waals surface area contributed by atoms with Crippen molar-refractivity contribution in [2.45, 2.75) is 38.6 Å². The largest absolute Gasteiger partial charge is 0.462 e. The minimum Gasteiger partial charge on any atom is -0.462 e. The van der Waals surface area contributed by atoms with Crippen molar-refractivity contribution in [3.8, 4) is 0 Å². The first-order valence-electron chi connectivity index (χ1n) is 5.82. The van der Waals surface area contributed by atoms with Crippen molar-refractivity contribution in [1.82, 2.24) is 5.32 Å². The van der Waals surface area contributed by atoms with Gasteiger partial charge in [-0.25, -0.2) is 0 Å². The number of ether oxygens (including phenoxy) is 2. The molecule has 4 nitrogen and oxygen atoms in total. The van der Waals surface area contributed by atoms with Crippen LogP contribution in [0.15, 0.2) is 0 Å². The Morgan fingerprint density at radius 1 is 1.40 bits per heavy atom. The third-order valence-electron chi connectivity index (χ3n) is 2.46. The first-order chi connectivity index (χ1) is 7.34. The molecule has 0 aromatic carbocycles. The van der Waals surface area contributed by atoms with Crippen LogP contribution in [-0.2, 0) is 14.3 Å². The lowest BCUT2D eigenvalue weighted by atomic mass is 10.2. The lowest BCUT2D eigenvalue weighted by molar-refractivity contribution is -0.147. The number of unbranched alkanes of at least 4 members (excludes halogenated alkanes) is 1. The summed E-state index contributed by atoms with van der Waals surface area (Å²) in [6.45, 7) is 4.69. The number of carbonyl (C=O) groups excluding carboxylic acids is 1. The van der Waals surface area contributed by atoms with Crippen LogP contribution >= 0.6 is 0 Å². The quantitative estimate of drug-likeness (QED) is 0.510. The van der Waals surface area contributed by atoms with E-state index in [0.717, 1.165) is 38.8 Å². The minimum absolute atomic E-state index is 0.0827. The minimum atomic E-state index is -0.133. The molecule has 1 rings (SSSR count). The van der Waals surface area contributed by atoms with Crippen molar-refractivity contribution in [1.29, 1.82) is 0 Å². The van der Waals surface area contributed by atoms with E-state index in [9.17, 15) is 4.79 Å². The highest BCUT2D eigenvalue weighted by atomic mass is 16.6. The molecular formula is C11H21NO3. The van der Waals surface area contributed by atoms with Crippen LogP contribution in [-0.4, -0.2) is 38.4 Å². The SMILES string of the molecule is CCCCOCCOC(=O)[C@H]1CCCN1. The zero-order valence-corrected chi connectivity index (χ0v) is 9.46. The molecule has 0 aliphatic carbocycles. The van der Waals surface area contributed by atoms with Crippen molar-refractivity contribution >= 4 is 5.97 Å². The Hall–Kier alpha value is -0.610. The standard InChI is InChI=1S/C11H21NO3/c1-2-3-7-14-8-9-15-11(13)10-5-4-6-12-10/h10,12H,2-9H2,1H3/t10-/m1/s1. The summed E-state index contributed by atoms with van der Waals surface area (Å²) in [4.78, 5) is 11.4. The summed E-state index contributed by atoms with van der Waals surface area (Å²) in [7, 11) is 0. The van der Waals surface area contributed by atoms with E-state index in [1.165, 1.54) is 0 Å². The molecule has 0 unspecified atom stereocenters. The molecule has 0 aromatic heterocycles. The highest BCUT2D eigenvalue weighted by Gasteiger charge is 2.22. The molecule has 0 aromatic rings. The fourth-order valence-corrected chi connectivity index (χ4v) is 1.54. The van der Waals surface area contributed by atoms with E-state index in [4.69, 9.17) is 9.47 Å². The topological polar surface area (TPSA) is 47.6 Å². The smallest absolute Gasteiger partial charge is 0.323 e. The Morgan fingerprint density at radius 3 is 2.93 bits per heavy atom. The Kier molecular flexibility index (Phi) is 6.36. The van der Waals surface area contributed by atoms with Crippen LogP contribution in [0.3, 0.4) is 0 Å². The summed E-state index contributed by atoms with van der Waals surface area (Å²) >= 11 is 0. The van der Waals surface area contributed by atoms with Crippen LogP contribution in [0.5, 0.6) is 0 Å². The van der Waals surface area contributed by atoms with Gasteiger partial charge < -0.3 is 14.8 Å². The predicted octanol–water partition coefficient (Wildman–Crippen LogP) is 1.10. The molecule has 0 saturated carbocycles. The van der Waals surface area contributed by atoms with Crippen molar-refractivity contribution in [3.63, 3.8) is 0 Å². The summed E-state index contributed by atoms with van der Waals surface area (Å²) in [5.41, 5.74) is 0. The van der Waals surface area contributed by atoms with Crippen molar-refractivity contribution < 1.29 is 14.3 Å². The van der Waals surface area contributed by atoms with E-state index < -0.39 is 0 Å². The van der Waals surface area contributed by atoms with Crippen LogP contribution in [0, 0.1) is 0 Å². The number of rotatable bonds is 7. The number of carbonyl (C=O) groups is 1. The molecule has 1 aliphatic rings. The summed E-state index contributed by atoms with van der Waals surface area (Å²) in [6.07, 6.45) is 4.16. The third-order valence-corrected chi connectivity index (χ3v) is 2.46. The lowest BCUT2D eigenvalue weighted by Crippen LogP contribution is -2.33. The molecule has 4 heteroatoms. The molecule has 88 valence electrons. The second-order valence-electron chi connectivity index (χ2n) is 3.78. The Bertz CT molecular complexity index is 179. The van der Waals surface area contributed by atoms with Gasteiger partial charge in [-0.2, -0.15) is 0 Å². The highest BCUT2D eigenvalue weighted by Crippen LogP contribution is 2.06. The van der Waals surface area contributed by atoms with Gasteiger partial charge in [-0.15, -0.1) is 0 Å². The maximum Gasteiger partial charge on any atom is 0.323 e. The van der Waals surface area contributed by atoms with Gasteiger partial charge in [0.2, 0.25) is 0 Å². The van der Waals surface area contributed by atoms with E-state index >= 15 is 0 Å². The number of hydrogen-bond acceptors (Lipinski definition) is 4. The van der Waals surface area contributed by atoms with Gasteiger partial charge in [0.25, 0.3) is 0 Å². The van der Waals surface area contributed by atoms with Crippen LogP contribution in [0.1, 0.15) is 32.6 Å². The summed E-state index contributed by atoms with van der Waals surface area (Å²) in [5, 5.41) is 3.10. The number of nitrogens with one attached hydrogen (secondary N) is 1. The molecule has 1 saturated heterocycles. The Balaban J connectivity index is 1.92. The van der Waals surface area contributed by atoms with Gasteiger partial charge in [0, 0.05) is 6.61 Å². The second-order valence-corrected chi connectivity index (χ2v) is 3.78. The van der Waals surface area contributed by atoms with Crippen molar-refractivity contribution in [2.75, 3.05) is 26.4 Å². The first kappa shape index (κ1) is 12.5. The van der Waals surface area contributed by atoms with Gasteiger partial charge >= 0.3 is 5.97 Å². The molecule has 0 spiro atoms. The van der Waals surface area contributed by atoms with Gasteiger partial charge in [-0.05, 0) is 25.8 Å². The average Bonchev–Trinajstić information content (AvgIpc) is 2.76. The van der Waals surface area contributed by atoms with Crippen LogP contribution in [0.2, 0.25) is 0 Å². The summed E-state index contributed by atoms with van der Waals surface area (Å²) in [5.74, 6) is -0.133. The van der Waals surface area contributed by atoms with E-state index in [-0.39, 0.29) is 12.0 Å². The van der Waals surface area contributed by atoms with Crippen molar-refractivity contribution in [3.05, 3.63) is 0 Å². The summed E-state index contributed by atoms with van der Waals surface area (Å²) < 4.78 is 10.4. The highest BCUT2D eigenvalue weighted by molar-refractivity contribution is 5.76. The normalized spacial score (nSPS) is 20.5. The Labute approximate surface area is 91.3 Å². The maximum absolute atomic E-state index is 11.4. The fourth-order valence-electron chi connectivity index (χ4n) is 1.54. The molecule has 1 fully saturated rings. The second kappa shape index (κ2) is 7.65. The molecule has 1 heterocycles. The predicted molar refractivity (Wildman–Crippen MR) is 57.7 cm³/mol. The number of esters is 1. The molecule has 1 N–H and O–H groups in total. The van der Waals surface area contributed by atoms with E-state index in [0.29, 0.717) is 13.2 Å². The molecular weight excluding hydrogens is 194 g/mol. The monoisotopic (exact) mass is 215 g/mol. The van der Waals surface area contributed by atoms with Gasteiger partial charge in [0.1, 0.15) is 12.6 Å². The van der Waals surface area contributed by atoms with Crippen molar-refractivity contribution in [2.24, 2.45) is 0 Å². The molecule has 15 heavy (non-hydrogen) atoms. The van der Waals surface area contributed by atoms with Gasteiger partial charge in [-0.3, -0.25) is 4.79 Å². The lowest BCUT2D eigenvalue weighted by Gasteiger charge is -2.10. The van der Waals surface area contributed by atoms with Crippen LogP contribution in [0.4, 0.5) is 0 Å². The van der Waals surface area contributed by atoms with Gasteiger partial charge in [-0.1, -0.05) is 13.3 Å². The van der Waals surface area contributed by atoms with Gasteiger partial charge in [0.15, 0.2) is 0 Å². The van der Waals surface area contributed by atoms with E-state index in [1.807, 2.05) is 0 Å². The van der Waals surface area contributed by atoms with Gasteiger partial charge in [0.05, 0.1) is 6.61 Å². The average molecular weight is 215 g/mol. The zero-order chi connectivity index (χ0) is 10.9. The molecule has 0 amide bonds. The van der Waals surface area contributed by atoms with Crippen LogP contribution in [0.25, 0.3) is 0 Å². The number of hydrogen-bond donors (Lipinski definition) is 1. The fraction of sp³-hybridized carbons (Fsp3) is 0.909. The van der Waals surface area contributed by atoms with Crippen LogP contribution < -0.4 is 5.32 Å². The molecule has 1 aliphatic heterocycles. The Morgan fingerprint density at radius 2 is 2.27 bits per heavy atom. The molecule has 1 atom stereocenters. The molecule has 0 bridgehead atoms. The first-order valence-corrected chi connectivity index (χ1v) is 5.82. The molecule has 0 radical (unpaired) electrons. The zero-order valence-electron chi connectivity index (χ0n) is 9.46. The third kappa shape index (κ3) is 5.14. The maximum atomic E-state index is 11.4.